The van der Waals surface area contributed by atoms with Gasteiger partial charge in [-0.2, -0.15) is 15.5 Å². The van der Waals surface area contributed by atoms with Crippen molar-refractivity contribution < 1.29 is 5.11 Å². The van der Waals surface area contributed by atoms with Crippen molar-refractivity contribution in [2.45, 2.75) is 6.61 Å². The molecule has 0 aliphatic carbocycles. The lowest BCUT2D eigenvalue weighted by Gasteiger charge is -2.06. The van der Waals surface area contributed by atoms with Crippen LogP contribution >= 0.6 is 0 Å². The average Bonchev–Trinajstić information content (AvgIpc) is 2.97. The minimum atomic E-state index is -0.412. The number of nitrogens with one attached hydrogen (secondary N) is 3. The summed E-state index contributed by atoms with van der Waals surface area (Å²) in [4.78, 5) is 0. The number of aromatic amines is 1. The second kappa shape index (κ2) is 6.31. The number of hydrazone groups is 1. The van der Waals surface area contributed by atoms with Crippen LogP contribution in [0.1, 0.15) is 5.69 Å². The van der Waals surface area contributed by atoms with Gasteiger partial charge in [0.25, 0.3) is 0 Å². The zero-order valence-corrected chi connectivity index (χ0v) is 11.0. The van der Waals surface area contributed by atoms with Crippen LogP contribution in [0.15, 0.2) is 35.4 Å². The van der Waals surface area contributed by atoms with Gasteiger partial charge >= 0.3 is 0 Å². The van der Waals surface area contributed by atoms with E-state index in [-0.39, 0.29) is 12.3 Å². The molecule has 1 heterocycles. The smallest absolute Gasteiger partial charge is 0.201 e. The van der Waals surface area contributed by atoms with E-state index in [1.54, 1.807) is 24.3 Å². The van der Waals surface area contributed by atoms with E-state index in [4.69, 9.17) is 21.5 Å². The van der Waals surface area contributed by atoms with Gasteiger partial charge in [-0.25, -0.2) is 0 Å². The molecule has 6 N–H and O–H groups in total. The number of H-pyrrole nitrogens is 1. The Kier molecular flexibility index (Phi) is 4.28. The van der Waals surface area contributed by atoms with Crippen LogP contribution in [0.25, 0.3) is 11.3 Å². The number of aliphatic hydroxyl groups excluding tert-OH is 1. The Labute approximate surface area is 120 Å². The fourth-order valence-electron chi connectivity index (χ4n) is 1.65. The van der Waals surface area contributed by atoms with Gasteiger partial charge in [-0.05, 0) is 12.1 Å². The number of hydrogen-bond acceptors (Lipinski definition) is 6. The maximum Gasteiger partial charge on any atom is 0.201 e. The summed E-state index contributed by atoms with van der Waals surface area (Å²) in [6.07, 6.45) is 0. The van der Waals surface area contributed by atoms with Crippen molar-refractivity contribution in [3.05, 3.63) is 36.0 Å². The Morgan fingerprint density at radius 1 is 1.52 bits per heavy atom. The van der Waals surface area contributed by atoms with E-state index in [1.807, 2.05) is 12.1 Å². The number of rotatable bonds is 5. The largest absolute Gasteiger partial charge is 0.390 e. The van der Waals surface area contributed by atoms with Crippen molar-refractivity contribution in [2.24, 2.45) is 10.8 Å². The molecule has 0 aliphatic heterocycles. The standard InChI is InChI=1S/C13H13N7O/c14-6-12(13(15)16)20-18-10-4-2-1-3-9(10)11-5-8(7-21)17-19-11/h1-5,18,21H,7H2,(H3,15,16)(H,17,19)/b20-12+. The van der Waals surface area contributed by atoms with Gasteiger partial charge in [-0.1, -0.05) is 18.2 Å². The Hall–Kier alpha value is -3.18. The van der Waals surface area contributed by atoms with Crippen molar-refractivity contribution in [1.82, 2.24) is 10.2 Å². The summed E-state index contributed by atoms with van der Waals surface area (Å²) in [6, 6.07) is 10.6. The Morgan fingerprint density at radius 2 is 2.29 bits per heavy atom. The third-order valence-electron chi connectivity index (χ3n) is 2.65. The highest BCUT2D eigenvalue weighted by Gasteiger charge is 2.09. The van der Waals surface area contributed by atoms with Gasteiger partial charge in [0.05, 0.1) is 23.7 Å². The molecule has 0 aliphatic rings. The van der Waals surface area contributed by atoms with Crippen molar-refractivity contribution in [3.63, 3.8) is 0 Å². The lowest BCUT2D eigenvalue weighted by molar-refractivity contribution is 0.276. The van der Waals surface area contributed by atoms with Crippen LogP contribution < -0.4 is 11.2 Å². The maximum atomic E-state index is 9.05. The van der Waals surface area contributed by atoms with Crippen molar-refractivity contribution >= 4 is 17.2 Å². The Balaban J connectivity index is 2.34. The molecule has 0 spiro atoms. The van der Waals surface area contributed by atoms with Gasteiger partial charge < -0.3 is 10.8 Å². The molecule has 106 valence electrons. The van der Waals surface area contributed by atoms with E-state index in [2.05, 4.69) is 20.7 Å². The number of nitriles is 1. The second-order valence-corrected chi connectivity index (χ2v) is 4.08. The zero-order chi connectivity index (χ0) is 15.2. The minimum absolute atomic E-state index is 0.135. The van der Waals surface area contributed by atoms with Crippen LogP contribution in [0, 0.1) is 16.7 Å². The molecular formula is C13H13N7O. The molecule has 1 aromatic heterocycles. The molecule has 0 unspecified atom stereocenters. The molecule has 0 saturated carbocycles. The fraction of sp³-hybridized carbons (Fsp3) is 0.0769. The normalized spacial score (nSPS) is 11.0. The summed E-state index contributed by atoms with van der Waals surface area (Å²) >= 11 is 0. The lowest BCUT2D eigenvalue weighted by atomic mass is 10.1. The van der Waals surface area contributed by atoms with Gasteiger partial charge in [-0.15, -0.1) is 0 Å². The predicted octanol–water partition coefficient (Wildman–Crippen LogP) is 0.796. The summed E-state index contributed by atoms with van der Waals surface area (Å²) in [6.45, 7) is -0.135. The highest BCUT2D eigenvalue weighted by atomic mass is 16.3. The molecule has 1 aromatic carbocycles. The Bertz CT molecular complexity index is 726. The predicted molar refractivity (Wildman–Crippen MR) is 78.5 cm³/mol. The van der Waals surface area contributed by atoms with E-state index in [0.29, 0.717) is 17.1 Å². The summed E-state index contributed by atoms with van der Waals surface area (Å²) in [5.74, 6) is -0.412. The van der Waals surface area contributed by atoms with Gasteiger partial charge in [0.1, 0.15) is 6.07 Å². The van der Waals surface area contributed by atoms with E-state index in [1.165, 1.54) is 0 Å². The van der Waals surface area contributed by atoms with Crippen LogP contribution in [0.4, 0.5) is 5.69 Å². The summed E-state index contributed by atoms with van der Waals surface area (Å²) < 4.78 is 0. The van der Waals surface area contributed by atoms with Gasteiger partial charge in [0.2, 0.25) is 5.71 Å². The summed E-state index contributed by atoms with van der Waals surface area (Å²) in [7, 11) is 0. The molecule has 2 aromatic rings. The number of amidine groups is 1. The minimum Gasteiger partial charge on any atom is -0.390 e. The fourth-order valence-corrected chi connectivity index (χ4v) is 1.65. The van der Waals surface area contributed by atoms with Crippen LogP contribution in [-0.2, 0) is 6.61 Å². The number of nitrogens with two attached hydrogens (primary N) is 1. The molecular weight excluding hydrogens is 270 g/mol. The van der Waals surface area contributed by atoms with E-state index in [0.717, 1.165) is 5.56 Å². The number of benzene rings is 1. The molecule has 8 heteroatoms. The highest BCUT2D eigenvalue weighted by Crippen LogP contribution is 2.26. The van der Waals surface area contributed by atoms with Crippen molar-refractivity contribution in [3.8, 4) is 17.3 Å². The van der Waals surface area contributed by atoms with E-state index < -0.39 is 5.84 Å². The average molecular weight is 283 g/mol. The SMILES string of the molecule is N#C/C(=N\Nc1ccccc1-c1cc(CO)[nH]n1)C(=N)N. The number of aliphatic hydroxyl groups is 1. The molecule has 0 saturated heterocycles. The summed E-state index contributed by atoms with van der Waals surface area (Å²) in [5.41, 5.74) is 10.3. The Morgan fingerprint density at radius 3 is 2.90 bits per heavy atom. The van der Waals surface area contributed by atoms with E-state index in [9.17, 15) is 0 Å². The molecule has 0 fully saturated rings. The van der Waals surface area contributed by atoms with Gasteiger partial charge in [0.15, 0.2) is 5.84 Å². The third-order valence-corrected chi connectivity index (χ3v) is 2.65. The second-order valence-electron chi connectivity index (χ2n) is 4.08. The number of para-hydroxylation sites is 1. The van der Waals surface area contributed by atoms with Crippen LogP contribution in [-0.4, -0.2) is 26.9 Å². The van der Waals surface area contributed by atoms with Crippen LogP contribution in [0.5, 0.6) is 0 Å². The molecule has 0 amide bonds. The van der Waals surface area contributed by atoms with E-state index >= 15 is 0 Å². The highest BCUT2D eigenvalue weighted by molar-refractivity contribution is 6.45. The van der Waals surface area contributed by atoms with Gasteiger partial charge in [0, 0.05) is 5.56 Å². The van der Waals surface area contributed by atoms with Crippen molar-refractivity contribution in [1.29, 1.82) is 10.7 Å². The first kappa shape index (κ1) is 14.2. The first-order valence-corrected chi connectivity index (χ1v) is 5.98. The zero-order valence-electron chi connectivity index (χ0n) is 11.0. The van der Waals surface area contributed by atoms with Gasteiger partial charge in [-0.3, -0.25) is 15.9 Å². The molecule has 8 nitrogen and oxygen atoms in total. The first-order valence-electron chi connectivity index (χ1n) is 5.98. The molecule has 0 atom stereocenters. The topological polar surface area (TPSA) is 147 Å². The molecule has 0 bridgehead atoms. The first-order chi connectivity index (χ1) is 10.2. The van der Waals surface area contributed by atoms with Crippen LogP contribution in [0.2, 0.25) is 0 Å². The number of aromatic nitrogens is 2. The molecule has 0 radical (unpaired) electrons. The summed E-state index contributed by atoms with van der Waals surface area (Å²) in [5, 5.41) is 35.7. The number of hydrogen-bond donors (Lipinski definition) is 5. The monoisotopic (exact) mass is 283 g/mol. The van der Waals surface area contributed by atoms with Crippen LogP contribution in [0.3, 0.4) is 0 Å². The quantitative estimate of drug-likeness (QED) is 0.313. The van der Waals surface area contributed by atoms with Crippen molar-refractivity contribution in [2.75, 3.05) is 5.43 Å². The molecule has 21 heavy (non-hydrogen) atoms. The maximum absolute atomic E-state index is 9.05. The lowest BCUT2D eigenvalue weighted by Crippen LogP contribution is -2.21. The third kappa shape index (κ3) is 3.23. The molecule has 2 rings (SSSR count). The number of nitrogens with zero attached hydrogens (tertiary/aromatic N) is 3. The number of anilines is 1.